The van der Waals surface area contributed by atoms with Gasteiger partial charge in [0.25, 0.3) is 0 Å². The van der Waals surface area contributed by atoms with E-state index < -0.39 is 0 Å². The number of hydrogen-bond donors (Lipinski definition) is 0. The van der Waals surface area contributed by atoms with Gasteiger partial charge in [-0.05, 0) is 73.6 Å². The predicted molar refractivity (Wildman–Crippen MR) is 142 cm³/mol. The van der Waals surface area contributed by atoms with Gasteiger partial charge in [0, 0.05) is 18.1 Å². The maximum atomic E-state index is 11.7. The molecule has 6 nitrogen and oxygen atoms in total. The summed E-state index contributed by atoms with van der Waals surface area (Å²) in [6.45, 7) is 3.53. The molecule has 1 saturated heterocycles. The first-order valence-corrected chi connectivity index (χ1v) is 13.1. The normalized spacial score (nSPS) is 18.6. The van der Waals surface area contributed by atoms with Gasteiger partial charge >= 0.3 is 5.97 Å². The number of aromatic nitrogens is 2. The standard InChI is InChI=1S/C31H32N2O4/c1-20-22(14-12-21-13-15-24-23(18-30(34)35-2)19-37-29(24)17-21)7-5-10-26(20)33-27-9-4-3-8-25(27)32-31(33)28-11-6-16-36-28/h3-5,7-10,13,15,17,23,28H,6,11-12,14,16,18-19H2,1-2H3/t23-,28+/m1/s1. The van der Waals surface area contributed by atoms with Gasteiger partial charge < -0.3 is 14.2 Å². The molecule has 4 aromatic rings. The third-order valence-electron chi connectivity index (χ3n) is 7.74. The van der Waals surface area contributed by atoms with E-state index in [1.807, 2.05) is 6.07 Å². The van der Waals surface area contributed by atoms with E-state index in [9.17, 15) is 4.79 Å². The summed E-state index contributed by atoms with van der Waals surface area (Å²) < 4.78 is 19.1. The molecular weight excluding hydrogens is 464 g/mol. The van der Waals surface area contributed by atoms with Crippen LogP contribution in [-0.2, 0) is 27.1 Å². The molecule has 0 aliphatic carbocycles. The van der Waals surface area contributed by atoms with E-state index in [2.05, 4.69) is 66.1 Å². The minimum absolute atomic E-state index is 0.0323. The Hall–Kier alpha value is -3.64. The molecule has 0 saturated carbocycles. The van der Waals surface area contributed by atoms with Crippen LogP contribution in [0.2, 0.25) is 0 Å². The van der Waals surface area contributed by atoms with E-state index in [1.54, 1.807) is 0 Å². The monoisotopic (exact) mass is 496 g/mol. The number of ether oxygens (including phenoxy) is 3. The van der Waals surface area contributed by atoms with Crippen LogP contribution in [0, 0.1) is 6.92 Å². The molecule has 2 atom stereocenters. The summed E-state index contributed by atoms with van der Waals surface area (Å²) >= 11 is 0. The fraction of sp³-hybridized carbons (Fsp3) is 0.355. The van der Waals surface area contributed by atoms with Crippen molar-refractivity contribution in [1.82, 2.24) is 9.55 Å². The summed E-state index contributed by atoms with van der Waals surface area (Å²) in [4.78, 5) is 16.7. The molecule has 3 heterocycles. The third-order valence-corrected chi connectivity index (χ3v) is 7.74. The lowest BCUT2D eigenvalue weighted by Crippen LogP contribution is -2.09. The van der Waals surface area contributed by atoms with Crippen molar-refractivity contribution in [3.05, 3.63) is 88.7 Å². The topological polar surface area (TPSA) is 62.6 Å². The summed E-state index contributed by atoms with van der Waals surface area (Å²) in [5.41, 5.74) is 8.20. The molecule has 0 radical (unpaired) electrons. The number of rotatable bonds is 7. The molecule has 0 spiro atoms. The molecular formula is C31H32N2O4. The second-order valence-corrected chi connectivity index (χ2v) is 10.0. The van der Waals surface area contributed by atoms with Crippen molar-refractivity contribution in [2.75, 3.05) is 20.3 Å². The predicted octanol–water partition coefficient (Wildman–Crippen LogP) is 6.01. The number of hydrogen-bond acceptors (Lipinski definition) is 5. The van der Waals surface area contributed by atoms with Gasteiger partial charge in [-0.3, -0.25) is 9.36 Å². The number of imidazole rings is 1. The molecule has 190 valence electrons. The number of carbonyl (C=O) groups excluding carboxylic acids is 1. The summed E-state index contributed by atoms with van der Waals surface area (Å²) in [6.07, 6.45) is 4.29. The SMILES string of the molecule is COC(=O)C[C@@H]1COc2cc(CCc3cccc(-n4c([C@@H]5CCCO5)nc5ccccc54)c3C)ccc21. The smallest absolute Gasteiger partial charge is 0.306 e. The van der Waals surface area contributed by atoms with Crippen LogP contribution in [0.4, 0.5) is 0 Å². The molecule has 0 amide bonds. The van der Waals surface area contributed by atoms with Crippen LogP contribution in [0.3, 0.4) is 0 Å². The molecule has 3 aromatic carbocycles. The van der Waals surface area contributed by atoms with Crippen molar-refractivity contribution in [3.8, 4) is 11.4 Å². The molecule has 2 aliphatic heterocycles. The fourth-order valence-electron chi connectivity index (χ4n) is 5.69. The van der Waals surface area contributed by atoms with Gasteiger partial charge in [0.15, 0.2) is 0 Å². The number of methoxy groups -OCH3 is 1. The molecule has 1 fully saturated rings. The first-order valence-electron chi connectivity index (χ1n) is 13.1. The van der Waals surface area contributed by atoms with Crippen molar-refractivity contribution in [2.24, 2.45) is 0 Å². The number of para-hydroxylation sites is 2. The van der Waals surface area contributed by atoms with Crippen LogP contribution in [0.15, 0.2) is 60.7 Å². The summed E-state index contributed by atoms with van der Waals surface area (Å²) in [5.74, 6) is 1.76. The first-order chi connectivity index (χ1) is 18.1. The second-order valence-electron chi connectivity index (χ2n) is 10.0. The minimum Gasteiger partial charge on any atom is -0.493 e. The van der Waals surface area contributed by atoms with Crippen LogP contribution < -0.4 is 4.74 Å². The van der Waals surface area contributed by atoms with Crippen molar-refractivity contribution in [2.45, 2.75) is 51.0 Å². The molecule has 0 unspecified atom stereocenters. The largest absolute Gasteiger partial charge is 0.493 e. The minimum atomic E-state index is -0.200. The Morgan fingerprint density at radius 1 is 1.11 bits per heavy atom. The number of carbonyl (C=O) groups is 1. The number of nitrogens with zero attached hydrogens (tertiary/aromatic N) is 2. The highest BCUT2D eigenvalue weighted by molar-refractivity contribution is 5.79. The highest BCUT2D eigenvalue weighted by Crippen LogP contribution is 2.37. The Balaban J connectivity index is 1.26. The Morgan fingerprint density at radius 2 is 2.00 bits per heavy atom. The van der Waals surface area contributed by atoms with E-state index in [0.29, 0.717) is 13.0 Å². The maximum absolute atomic E-state index is 11.7. The average Bonchev–Trinajstić information content (AvgIpc) is 3.67. The summed E-state index contributed by atoms with van der Waals surface area (Å²) in [7, 11) is 1.43. The van der Waals surface area contributed by atoms with Crippen molar-refractivity contribution in [1.29, 1.82) is 0 Å². The highest BCUT2D eigenvalue weighted by atomic mass is 16.5. The van der Waals surface area contributed by atoms with Crippen molar-refractivity contribution < 1.29 is 19.0 Å². The van der Waals surface area contributed by atoms with E-state index in [1.165, 1.54) is 29.5 Å². The van der Waals surface area contributed by atoms with Gasteiger partial charge in [-0.25, -0.2) is 4.98 Å². The summed E-state index contributed by atoms with van der Waals surface area (Å²) in [5, 5.41) is 0. The molecule has 0 bridgehead atoms. The Kier molecular flexibility index (Phi) is 6.43. The quantitative estimate of drug-likeness (QED) is 0.293. The molecule has 0 N–H and O–H groups in total. The fourth-order valence-corrected chi connectivity index (χ4v) is 5.69. The number of benzene rings is 3. The summed E-state index contributed by atoms with van der Waals surface area (Å²) in [6, 6.07) is 21.3. The Labute approximate surface area is 217 Å². The zero-order valence-corrected chi connectivity index (χ0v) is 21.4. The lowest BCUT2D eigenvalue weighted by atomic mass is 9.94. The number of fused-ring (bicyclic) bond motifs is 2. The van der Waals surface area contributed by atoms with Gasteiger partial charge in [-0.1, -0.05) is 36.4 Å². The molecule has 6 rings (SSSR count). The molecule has 2 aliphatic rings. The van der Waals surface area contributed by atoms with Crippen LogP contribution in [0.25, 0.3) is 16.7 Å². The van der Waals surface area contributed by atoms with Gasteiger partial charge in [-0.15, -0.1) is 0 Å². The Morgan fingerprint density at radius 3 is 2.84 bits per heavy atom. The van der Waals surface area contributed by atoms with Gasteiger partial charge in [-0.2, -0.15) is 0 Å². The first kappa shape index (κ1) is 23.7. The zero-order chi connectivity index (χ0) is 25.4. The second kappa shape index (κ2) is 10.0. The Bertz CT molecular complexity index is 1450. The van der Waals surface area contributed by atoms with Gasteiger partial charge in [0.05, 0.1) is 36.9 Å². The number of aryl methyl sites for hydroxylation is 2. The zero-order valence-electron chi connectivity index (χ0n) is 21.4. The van der Waals surface area contributed by atoms with Crippen LogP contribution in [-0.4, -0.2) is 35.8 Å². The van der Waals surface area contributed by atoms with Gasteiger partial charge in [0.1, 0.15) is 17.7 Å². The number of esters is 1. The lowest BCUT2D eigenvalue weighted by Gasteiger charge is -2.18. The molecule has 1 aromatic heterocycles. The van der Waals surface area contributed by atoms with Gasteiger partial charge in [0.2, 0.25) is 0 Å². The molecule has 37 heavy (non-hydrogen) atoms. The third kappa shape index (κ3) is 4.51. The average molecular weight is 497 g/mol. The van der Waals surface area contributed by atoms with E-state index in [-0.39, 0.29) is 18.0 Å². The van der Waals surface area contributed by atoms with E-state index >= 15 is 0 Å². The maximum Gasteiger partial charge on any atom is 0.306 e. The highest BCUT2D eigenvalue weighted by Gasteiger charge is 2.28. The van der Waals surface area contributed by atoms with Crippen molar-refractivity contribution >= 4 is 17.0 Å². The van der Waals surface area contributed by atoms with Crippen molar-refractivity contribution in [3.63, 3.8) is 0 Å². The van der Waals surface area contributed by atoms with Crippen LogP contribution in [0.1, 0.15) is 59.4 Å². The lowest BCUT2D eigenvalue weighted by molar-refractivity contribution is -0.141. The van der Waals surface area contributed by atoms with E-state index in [0.717, 1.165) is 60.5 Å². The molecule has 6 heteroatoms. The van der Waals surface area contributed by atoms with Crippen LogP contribution >= 0.6 is 0 Å². The van der Waals surface area contributed by atoms with Crippen LogP contribution in [0.5, 0.6) is 5.75 Å². The van der Waals surface area contributed by atoms with E-state index in [4.69, 9.17) is 19.2 Å².